The molecule has 1 aliphatic rings. The normalized spacial score (nSPS) is 15.2. The minimum Gasteiger partial charge on any atom is -0.439 e. The number of amides is 2. The monoisotopic (exact) mass is 288 g/mol. The Labute approximate surface area is 112 Å². The molecule has 0 bridgehead atoms. The zero-order valence-electron chi connectivity index (χ0n) is 10.2. The predicted molar refractivity (Wildman–Crippen MR) is 64.4 cm³/mol. The molecular weight excluding hydrogens is 277 g/mol. The van der Waals surface area contributed by atoms with E-state index in [9.17, 15) is 22.8 Å². The van der Waals surface area contributed by atoms with Crippen molar-refractivity contribution in [2.75, 3.05) is 23.4 Å². The Morgan fingerprint density at radius 1 is 1.35 bits per heavy atom. The third-order valence-electron chi connectivity index (χ3n) is 2.59. The standard InChI is InChI=1S/C12H11F3N2O3/c13-12(14,15)7-20-11(19)17-9-4-2-1-3-8(9)16-6-5-10(17)18/h1-4,16H,5-7H2. The number of hydrogen-bond acceptors (Lipinski definition) is 4. The summed E-state index contributed by atoms with van der Waals surface area (Å²) in [5.41, 5.74) is 0.671. The molecule has 0 atom stereocenters. The molecule has 2 amide bonds. The summed E-state index contributed by atoms with van der Waals surface area (Å²) in [6, 6.07) is 6.34. The fraction of sp³-hybridized carbons (Fsp3) is 0.333. The number of alkyl halides is 3. The average Bonchev–Trinajstić information content (AvgIpc) is 2.53. The smallest absolute Gasteiger partial charge is 0.422 e. The molecule has 5 nitrogen and oxygen atoms in total. The molecule has 0 spiro atoms. The minimum atomic E-state index is -4.64. The van der Waals surface area contributed by atoms with E-state index in [1.165, 1.54) is 6.07 Å². The lowest BCUT2D eigenvalue weighted by Gasteiger charge is -2.20. The number of para-hydroxylation sites is 2. The predicted octanol–water partition coefficient (Wildman–Crippen LogP) is 2.53. The lowest BCUT2D eigenvalue weighted by atomic mass is 10.2. The summed E-state index contributed by atoms with van der Waals surface area (Å²) in [7, 11) is 0. The van der Waals surface area contributed by atoms with Gasteiger partial charge in [0.15, 0.2) is 6.61 Å². The van der Waals surface area contributed by atoms with Crippen LogP contribution in [0.25, 0.3) is 0 Å². The van der Waals surface area contributed by atoms with Crippen LogP contribution in [0.2, 0.25) is 0 Å². The molecule has 1 aromatic carbocycles. The molecule has 1 aromatic rings. The molecule has 0 aromatic heterocycles. The molecule has 20 heavy (non-hydrogen) atoms. The molecule has 8 heteroatoms. The Morgan fingerprint density at radius 2 is 2.05 bits per heavy atom. The average molecular weight is 288 g/mol. The number of imide groups is 1. The van der Waals surface area contributed by atoms with Crippen LogP contribution in [0.3, 0.4) is 0 Å². The topological polar surface area (TPSA) is 58.6 Å². The Balaban J connectivity index is 2.24. The second-order valence-electron chi connectivity index (χ2n) is 4.09. The first kappa shape index (κ1) is 14.2. The molecule has 0 fully saturated rings. The van der Waals surface area contributed by atoms with Gasteiger partial charge in [-0.15, -0.1) is 0 Å². The third-order valence-corrected chi connectivity index (χ3v) is 2.59. The first-order chi connectivity index (χ1) is 9.38. The van der Waals surface area contributed by atoms with Crippen LogP contribution in [0.5, 0.6) is 0 Å². The van der Waals surface area contributed by atoms with Crippen molar-refractivity contribution in [2.45, 2.75) is 12.6 Å². The third kappa shape index (κ3) is 3.19. The minimum absolute atomic E-state index is 0.0181. The van der Waals surface area contributed by atoms with Gasteiger partial charge in [-0.2, -0.15) is 13.2 Å². The Kier molecular flexibility index (Phi) is 3.82. The van der Waals surface area contributed by atoms with Gasteiger partial charge in [0.2, 0.25) is 5.91 Å². The van der Waals surface area contributed by atoms with Gasteiger partial charge in [0.25, 0.3) is 0 Å². The van der Waals surface area contributed by atoms with Gasteiger partial charge in [0.1, 0.15) is 0 Å². The number of nitrogens with zero attached hydrogens (tertiary/aromatic N) is 1. The number of benzene rings is 1. The number of fused-ring (bicyclic) bond motifs is 1. The number of hydrogen-bond donors (Lipinski definition) is 1. The summed E-state index contributed by atoms with van der Waals surface area (Å²) < 4.78 is 40.3. The highest BCUT2D eigenvalue weighted by Gasteiger charge is 2.34. The van der Waals surface area contributed by atoms with Crippen molar-refractivity contribution in [2.24, 2.45) is 0 Å². The highest BCUT2D eigenvalue weighted by Crippen LogP contribution is 2.29. The second-order valence-corrected chi connectivity index (χ2v) is 4.09. The summed E-state index contributed by atoms with van der Waals surface area (Å²) in [6.45, 7) is -1.44. The van der Waals surface area contributed by atoms with Crippen molar-refractivity contribution < 1.29 is 27.5 Å². The van der Waals surface area contributed by atoms with E-state index in [2.05, 4.69) is 10.1 Å². The molecule has 2 rings (SSSR count). The number of halogens is 3. The van der Waals surface area contributed by atoms with Crippen molar-refractivity contribution in [3.05, 3.63) is 24.3 Å². The van der Waals surface area contributed by atoms with Gasteiger partial charge < -0.3 is 10.1 Å². The maximum absolute atomic E-state index is 12.1. The van der Waals surface area contributed by atoms with Gasteiger partial charge in [-0.05, 0) is 12.1 Å². The van der Waals surface area contributed by atoms with Crippen LogP contribution in [0.4, 0.5) is 29.3 Å². The molecule has 0 aliphatic carbocycles. The fourth-order valence-electron chi connectivity index (χ4n) is 1.78. The van der Waals surface area contributed by atoms with Crippen molar-refractivity contribution in [3.8, 4) is 0 Å². The first-order valence-corrected chi connectivity index (χ1v) is 5.78. The zero-order valence-corrected chi connectivity index (χ0v) is 10.2. The van der Waals surface area contributed by atoms with E-state index in [0.717, 1.165) is 0 Å². The SMILES string of the molecule is O=C1CCNc2ccccc2N1C(=O)OCC(F)(F)F. The molecule has 108 valence electrons. The quantitative estimate of drug-likeness (QED) is 0.862. The van der Waals surface area contributed by atoms with Crippen LogP contribution in [0.15, 0.2) is 24.3 Å². The number of nitrogens with one attached hydrogen (secondary N) is 1. The number of anilines is 2. The van der Waals surface area contributed by atoms with Crippen molar-refractivity contribution in [3.63, 3.8) is 0 Å². The molecule has 1 N–H and O–H groups in total. The van der Waals surface area contributed by atoms with E-state index < -0.39 is 24.8 Å². The first-order valence-electron chi connectivity index (χ1n) is 5.78. The summed E-state index contributed by atoms with van der Waals surface area (Å²) in [4.78, 5) is 24.2. The summed E-state index contributed by atoms with van der Waals surface area (Å²) in [5.74, 6) is -0.616. The lowest BCUT2D eigenvalue weighted by Crippen LogP contribution is -2.38. The highest BCUT2D eigenvalue weighted by molar-refractivity contribution is 6.14. The van der Waals surface area contributed by atoms with Gasteiger partial charge in [-0.1, -0.05) is 12.1 Å². The fourth-order valence-corrected chi connectivity index (χ4v) is 1.78. The summed E-state index contributed by atoms with van der Waals surface area (Å²) in [5, 5.41) is 2.92. The lowest BCUT2D eigenvalue weighted by molar-refractivity contribution is -0.160. The summed E-state index contributed by atoms with van der Waals surface area (Å²) >= 11 is 0. The van der Waals surface area contributed by atoms with E-state index in [1.807, 2.05) is 0 Å². The van der Waals surface area contributed by atoms with Crippen molar-refractivity contribution in [1.29, 1.82) is 0 Å². The van der Waals surface area contributed by atoms with Gasteiger partial charge in [0, 0.05) is 13.0 Å². The molecule has 0 radical (unpaired) electrons. The van der Waals surface area contributed by atoms with Crippen LogP contribution >= 0.6 is 0 Å². The molecule has 0 saturated heterocycles. The maximum Gasteiger partial charge on any atom is 0.422 e. The maximum atomic E-state index is 12.1. The number of carbonyl (C=O) groups is 2. The Hall–Kier alpha value is -2.25. The zero-order chi connectivity index (χ0) is 14.8. The van der Waals surface area contributed by atoms with E-state index in [1.54, 1.807) is 18.2 Å². The van der Waals surface area contributed by atoms with Crippen molar-refractivity contribution in [1.82, 2.24) is 0 Å². The molecular formula is C12H11F3N2O3. The van der Waals surface area contributed by atoms with Crippen LogP contribution < -0.4 is 10.2 Å². The Morgan fingerprint density at radius 3 is 2.75 bits per heavy atom. The number of carbonyl (C=O) groups excluding carboxylic acids is 2. The second kappa shape index (κ2) is 5.40. The molecule has 0 unspecified atom stereocenters. The van der Waals surface area contributed by atoms with Crippen molar-refractivity contribution >= 4 is 23.4 Å². The van der Waals surface area contributed by atoms with Gasteiger partial charge >= 0.3 is 12.3 Å². The molecule has 0 saturated carbocycles. The molecule has 1 heterocycles. The van der Waals surface area contributed by atoms with Crippen LogP contribution in [-0.4, -0.2) is 31.3 Å². The largest absolute Gasteiger partial charge is 0.439 e. The van der Waals surface area contributed by atoms with E-state index >= 15 is 0 Å². The van der Waals surface area contributed by atoms with E-state index in [0.29, 0.717) is 17.1 Å². The number of ether oxygens (including phenoxy) is 1. The Bertz CT molecular complexity index is 531. The van der Waals surface area contributed by atoms with Crippen LogP contribution in [0.1, 0.15) is 6.42 Å². The van der Waals surface area contributed by atoms with Gasteiger partial charge in [-0.25, -0.2) is 9.69 Å². The molecule has 1 aliphatic heterocycles. The van der Waals surface area contributed by atoms with Crippen LogP contribution in [-0.2, 0) is 9.53 Å². The highest BCUT2D eigenvalue weighted by atomic mass is 19.4. The summed E-state index contributed by atoms with van der Waals surface area (Å²) in [6.07, 6.45) is -5.98. The van der Waals surface area contributed by atoms with Gasteiger partial charge in [0.05, 0.1) is 11.4 Å². The van der Waals surface area contributed by atoms with E-state index in [4.69, 9.17) is 0 Å². The number of rotatable bonds is 1. The van der Waals surface area contributed by atoms with Crippen LogP contribution in [0, 0.1) is 0 Å². The van der Waals surface area contributed by atoms with E-state index in [-0.39, 0.29) is 12.1 Å². The van der Waals surface area contributed by atoms with Gasteiger partial charge in [-0.3, -0.25) is 4.79 Å².